The van der Waals surface area contributed by atoms with Gasteiger partial charge in [0.2, 0.25) is 0 Å². The molecule has 0 spiro atoms. The Morgan fingerprint density at radius 1 is 1.20 bits per heavy atom. The van der Waals surface area contributed by atoms with E-state index < -0.39 is 0 Å². The van der Waals surface area contributed by atoms with Crippen molar-refractivity contribution < 1.29 is 9.18 Å². The molecule has 3 aromatic rings. The van der Waals surface area contributed by atoms with Gasteiger partial charge in [0.1, 0.15) is 11.5 Å². The van der Waals surface area contributed by atoms with E-state index in [1.54, 1.807) is 6.07 Å². The molecule has 0 saturated carbocycles. The van der Waals surface area contributed by atoms with Crippen LogP contribution >= 0.6 is 23.6 Å². The van der Waals surface area contributed by atoms with Gasteiger partial charge in [-0.15, -0.1) is 11.3 Å². The number of thiocarbonyl (C=S) groups is 1. The number of hydrogen-bond acceptors (Lipinski definition) is 4. The first kappa shape index (κ1) is 25.3. The first-order chi connectivity index (χ1) is 16.9. The van der Waals surface area contributed by atoms with Gasteiger partial charge in [-0.3, -0.25) is 4.79 Å². The smallest absolute Gasteiger partial charge is 0.275 e. The minimum Gasteiger partial charge on any atom is -0.363 e. The Morgan fingerprint density at radius 2 is 1.94 bits per heavy atom. The molecular weight excluding hydrogens is 479 g/mol. The van der Waals surface area contributed by atoms with Crippen molar-refractivity contribution in [1.29, 1.82) is 0 Å². The summed E-state index contributed by atoms with van der Waals surface area (Å²) >= 11 is 7.06. The SMILES string of the molecule is CCCCNC(=S)N1CCC(c2nc(C(=O)Nc3ccc(F)cc3-c3ccc(C)cc3)cs2)CC1. The van der Waals surface area contributed by atoms with Gasteiger partial charge in [-0.05, 0) is 62.2 Å². The first-order valence-corrected chi connectivity index (χ1v) is 13.4. The number of piperidine rings is 1. The van der Waals surface area contributed by atoms with Crippen LogP contribution in [0.4, 0.5) is 10.1 Å². The lowest BCUT2D eigenvalue weighted by Gasteiger charge is -2.33. The molecule has 0 aliphatic carbocycles. The van der Waals surface area contributed by atoms with E-state index in [9.17, 15) is 9.18 Å². The van der Waals surface area contributed by atoms with Gasteiger partial charge in [0.25, 0.3) is 5.91 Å². The molecule has 0 bridgehead atoms. The van der Waals surface area contributed by atoms with E-state index in [0.29, 0.717) is 22.9 Å². The lowest BCUT2D eigenvalue weighted by molar-refractivity contribution is 0.102. The number of unbranched alkanes of at least 4 members (excludes halogenated alkanes) is 1. The van der Waals surface area contributed by atoms with Crippen LogP contribution in [0.15, 0.2) is 47.8 Å². The topological polar surface area (TPSA) is 57.3 Å². The number of nitrogens with one attached hydrogen (secondary N) is 2. The maximum Gasteiger partial charge on any atom is 0.275 e. The van der Waals surface area contributed by atoms with E-state index in [1.807, 2.05) is 36.6 Å². The number of carbonyl (C=O) groups excluding carboxylic acids is 1. The molecule has 1 amide bonds. The van der Waals surface area contributed by atoms with Crippen LogP contribution in [0.3, 0.4) is 0 Å². The van der Waals surface area contributed by atoms with Gasteiger partial charge in [0.05, 0.1) is 5.01 Å². The highest BCUT2D eigenvalue weighted by Gasteiger charge is 2.25. The number of aryl methyl sites for hydroxylation is 1. The molecule has 35 heavy (non-hydrogen) atoms. The summed E-state index contributed by atoms with van der Waals surface area (Å²) in [5, 5.41) is 9.90. The summed E-state index contributed by atoms with van der Waals surface area (Å²) in [6.45, 7) is 6.86. The number of benzene rings is 2. The van der Waals surface area contributed by atoms with Crippen molar-refractivity contribution in [3.05, 3.63) is 69.9 Å². The Balaban J connectivity index is 1.39. The molecule has 1 saturated heterocycles. The van der Waals surface area contributed by atoms with Crippen molar-refractivity contribution in [1.82, 2.24) is 15.2 Å². The maximum atomic E-state index is 14.0. The highest BCUT2D eigenvalue weighted by Crippen LogP contribution is 2.32. The van der Waals surface area contributed by atoms with Crippen molar-refractivity contribution in [2.24, 2.45) is 0 Å². The standard InChI is InChI=1S/C27H31FN4OS2/c1-3-4-13-29-27(34)32-14-11-20(12-15-32)26-31-24(17-35-26)25(33)30-23-10-9-21(28)16-22(23)19-7-5-18(2)6-8-19/h5-10,16-17,20H,3-4,11-15H2,1-2H3,(H,29,34)(H,30,33). The molecule has 2 aromatic carbocycles. The minimum atomic E-state index is -0.346. The van der Waals surface area contributed by atoms with Crippen molar-refractivity contribution in [3.63, 3.8) is 0 Å². The largest absolute Gasteiger partial charge is 0.363 e. The molecule has 0 atom stereocenters. The predicted octanol–water partition coefficient (Wildman–Crippen LogP) is 6.36. The summed E-state index contributed by atoms with van der Waals surface area (Å²) in [4.78, 5) is 19.9. The summed E-state index contributed by atoms with van der Waals surface area (Å²) < 4.78 is 14.0. The van der Waals surface area contributed by atoms with Crippen molar-refractivity contribution >= 4 is 40.3 Å². The zero-order chi connectivity index (χ0) is 24.8. The van der Waals surface area contributed by atoms with Gasteiger partial charge in [-0.1, -0.05) is 43.2 Å². The summed E-state index contributed by atoms with van der Waals surface area (Å²) in [5.41, 5.74) is 3.56. The summed E-state index contributed by atoms with van der Waals surface area (Å²) in [7, 11) is 0. The Kier molecular flexibility index (Phi) is 8.46. The number of rotatable bonds is 7. The second-order valence-electron chi connectivity index (χ2n) is 8.93. The fourth-order valence-electron chi connectivity index (χ4n) is 4.18. The van der Waals surface area contributed by atoms with Crippen LogP contribution in [0, 0.1) is 12.7 Å². The zero-order valence-corrected chi connectivity index (χ0v) is 21.8. The number of likely N-dealkylation sites (tertiary alicyclic amines) is 1. The first-order valence-electron chi connectivity index (χ1n) is 12.1. The second-order valence-corrected chi connectivity index (χ2v) is 10.2. The van der Waals surface area contributed by atoms with E-state index in [-0.39, 0.29) is 11.7 Å². The average molecular weight is 511 g/mol. The molecule has 8 heteroatoms. The predicted molar refractivity (Wildman–Crippen MR) is 146 cm³/mol. The lowest BCUT2D eigenvalue weighted by atomic mass is 9.98. The monoisotopic (exact) mass is 510 g/mol. The van der Waals surface area contributed by atoms with Crippen LogP contribution in [-0.4, -0.2) is 40.5 Å². The van der Waals surface area contributed by atoms with Gasteiger partial charge in [-0.2, -0.15) is 0 Å². The number of carbonyl (C=O) groups is 1. The number of hydrogen-bond donors (Lipinski definition) is 2. The van der Waals surface area contributed by atoms with E-state index >= 15 is 0 Å². The van der Waals surface area contributed by atoms with Gasteiger partial charge < -0.3 is 15.5 Å². The molecule has 0 radical (unpaired) electrons. The Hall–Kier alpha value is -2.84. The Bertz CT molecular complexity index is 1170. The Morgan fingerprint density at radius 3 is 2.66 bits per heavy atom. The van der Waals surface area contributed by atoms with Crippen LogP contribution in [0.1, 0.15) is 59.6 Å². The molecule has 2 N–H and O–H groups in total. The van der Waals surface area contributed by atoms with Crippen molar-refractivity contribution in [2.75, 3.05) is 25.0 Å². The third kappa shape index (κ3) is 6.44. The number of amides is 1. The fourth-order valence-corrected chi connectivity index (χ4v) is 5.43. The third-order valence-electron chi connectivity index (χ3n) is 6.28. The molecule has 1 aliphatic rings. The van der Waals surface area contributed by atoms with Crippen LogP contribution in [0.5, 0.6) is 0 Å². The highest BCUT2D eigenvalue weighted by atomic mass is 32.1. The number of anilines is 1. The molecule has 1 aliphatic heterocycles. The molecule has 1 aromatic heterocycles. The van der Waals surface area contributed by atoms with E-state index in [1.165, 1.54) is 23.5 Å². The molecule has 0 unspecified atom stereocenters. The maximum absolute atomic E-state index is 14.0. The molecule has 184 valence electrons. The number of aromatic nitrogens is 1. The minimum absolute atomic E-state index is 0.286. The van der Waals surface area contributed by atoms with E-state index in [2.05, 4.69) is 27.4 Å². The summed E-state index contributed by atoms with van der Waals surface area (Å²) in [5.74, 6) is -0.308. The molecular formula is C27H31FN4OS2. The number of nitrogens with zero attached hydrogens (tertiary/aromatic N) is 2. The molecule has 4 rings (SSSR count). The summed E-state index contributed by atoms with van der Waals surface area (Å²) in [6, 6.07) is 12.2. The quantitative estimate of drug-likeness (QED) is 0.286. The zero-order valence-electron chi connectivity index (χ0n) is 20.1. The second kappa shape index (κ2) is 11.7. The Labute approximate surface area is 215 Å². The normalized spacial score (nSPS) is 14.1. The van der Waals surface area contributed by atoms with Crippen LogP contribution in [0.2, 0.25) is 0 Å². The van der Waals surface area contributed by atoms with Gasteiger partial charge in [0.15, 0.2) is 5.11 Å². The van der Waals surface area contributed by atoms with E-state index in [0.717, 1.165) is 66.6 Å². The third-order valence-corrected chi connectivity index (χ3v) is 7.69. The van der Waals surface area contributed by atoms with E-state index in [4.69, 9.17) is 12.2 Å². The molecule has 5 nitrogen and oxygen atoms in total. The van der Waals surface area contributed by atoms with Crippen LogP contribution < -0.4 is 10.6 Å². The van der Waals surface area contributed by atoms with Gasteiger partial charge in [-0.25, -0.2) is 9.37 Å². The van der Waals surface area contributed by atoms with Crippen LogP contribution in [-0.2, 0) is 0 Å². The number of thiazole rings is 1. The number of halogens is 1. The summed E-state index contributed by atoms with van der Waals surface area (Å²) in [6.07, 6.45) is 4.18. The molecule has 2 heterocycles. The fraction of sp³-hybridized carbons (Fsp3) is 0.370. The lowest BCUT2D eigenvalue weighted by Crippen LogP contribution is -2.44. The average Bonchev–Trinajstić information content (AvgIpc) is 3.36. The van der Waals surface area contributed by atoms with Gasteiger partial charge in [0, 0.05) is 42.2 Å². The van der Waals surface area contributed by atoms with Crippen LogP contribution in [0.25, 0.3) is 11.1 Å². The van der Waals surface area contributed by atoms with Crippen molar-refractivity contribution in [3.8, 4) is 11.1 Å². The molecule has 1 fully saturated rings. The van der Waals surface area contributed by atoms with Crippen molar-refractivity contribution in [2.45, 2.75) is 45.4 Å². The highest BCUT2D eigenvalue weighted by molar-refractivity contribution is 7.80. The van der Waals surface area contributed by atoms with Gasteiger partial charge >= 0.3 is 0 Å².